The van der Waals surface area contributed by atoms with Gasteiger partial charge in [-0.2, -0.15) is 0 Å². The average Bonchev–Trinajstić information content (AvgIpc) is 2.60. The van der Waals surface area contributed by atoms with Crippen LogP contribution in [0, 0.1) is 10.1 Å². The van der Waals surface area contributed by atoms with Crippen molar-refractivity contribution >= 4 is 21.6 Å². The minimum atomic E-state index is -0.318. The molecule has 24 heavy (non-hydrogen) atoms. The Morgan fingerprint density at radius 1 is 0.833 bits per heavy atom. The van der Waals surface area contributed by atoms with E-state index >= 15 is 0 Å². The number of halogens is 1. The van der Waals surface area contributed by atoms with Crippen molar-refractivity contribution in [3.05, 3.63) is 86.4 Å². The summed E-state index contributed by atoms with van der Waals surface area (Å²) in [4.78, 5) is 11.0. The van der Waals surface area contributed by atoms with E-state index in [9.17, 15) is 10.1 Å². The summed E-state index contributed by atoms with van der Waals surface area (Å²) in [5.41, 5.74) is 6.81. The zero-order chi connectivity index (χ0) is 16.7. The lowest BCUT2D eigenvalue weighted by atomic mass is 9.84. The molecule has 0 aliphatic heterocycles. The number of nitro benzene ring substituents is 1. The van der Waals surface area contributed by atoms with E-state index in [0.29, 0.717) is 5.56 Å². The maximum absolute atomic E-state index is 11.3. The molecule has 3 aromatic rings. The van der Waals surface area contributed by atoms with Gasteiger partial charge in [-0.15, -0.1) is 0 Å². The van der Waals surface area contributed by atoms with Gasteiger partial charge in [0.2, 0.25) is 0 Å². The van der Waals surface area contributed by atoms with Crippen molar-refractivity contribution in [2.45, 2.75) is 12.8 Å². The SMILES string of the molecule is O=[N+]([O-])c1ccccc1-c1ccc2c(c1)CCc1cc(Br)ccc1-2. The predicted octanol–water partition coefficient (Wildman–Crippen LogP) is 5.79. The molecule has 0 radical (unpaired) electrons. The molecule has 1 aliphatic carbocycles. The Balaban J connectivity index is 1.84. The van der Waals surface area contributed by atoms with E-state index in [1.165, 1.54) is 22.3 Å². The quantitative estimate of drug-likeness (QED) is 0.417. The van der Waals surface area contributed by atoms with Gasteiger partial charge < -0.3 is 0 Å². The summed E-state index contributed by atoms with van der Waals surface area (Å²) >= 11 is 3.53. The molecular formula is C20H14BrNO2. The molecule has 0 unspecified atom stereocenters. The fourth-order valence-corrected chi connectivity index (χ4v) is 3.82. The van der Waals surface area contributed by atoms with Gasteiger partial charge in [0.15, 0.2) is 0 Å². The first-order valence-corrected chi connectivity index (χ1v) is 8.58. The van der Waals surface area contributed by atoms with Gasteiger partial charge in [0.1, 0.15) is 0 Å². The molecule has 3 aromatic carbocycles. The number of aryl methyl sites for hydroxylation is 2. The van der Waals surface area contributed by atoms with Crippen LogP contribution in [0.2, 0.25) is 0 Å². The largest absolute Gasteiger partial charge is 0.277 e. The summed E-state index contributed by atoms with van der Waals surface area (Å²) in [5.74, 6) is 0. The van der Waals surface area contributed by atoms with Crippen molar-refractivity contribution in [1.29, 1.82) is 0 Å². The van der Waals surface area contributed by atoms with E-state index in [4.69, 9.17) is 0 Å². The molecule has 0 aromatic heterocycles. The number of nitrogens with zero attached hydrogens (tertiary/aromatic N) is 1. The van der Waals surface area contributed by atoms with Gasteiger partial charge in [-0.25, -0.2) is 0 Å². The standard InChI is InChI=1S/C20H14BrNO2/c21-16-8-10-18-15(12-16)6-5-13-11-14(7-9-17(13)18)19-3-1-2-4-20(19)22(23)24/h1-4,7-12H,5-6H2. The van der Waals surface area contributed by atoms with Crippen molar-refractivity contribution in [3.63, 3.8) is 0 Å². The second-order valence-corrected chi connectivity index (χ2v) is 6.86. The molecule has 0 saturated carbocycles. The highest BCUT2D eigenvalue weighted by atomic mass is 79.9. The Morgan fingerprint density at radius 3 is 2.25 bits per heavy atom. The first-order valence-electron chi connectivity index (χ1n) is 7.79. The number of nitro groups is 1. The van der Waals surface area contributed by atoms with Gasteiger partial charge in [-0.3, -0.25) is 10.1 Å². The van der Waals surface area contributed by atoms with Crippen LogP contribution in [0.1, 0.15) is 11.1 Å². The number of hydrogen-bond donors (Lipinski definition) is 0. The highest BCUT2D eigenvalue weighted by Crippen LogP contribution is 2.38. The molecule has 1 aliphatic rings. The molecule has 0 heterocycles. The normalized spacial score (nSPS) is 12.4. The molecular weight excluding hydrogens is 366 g/mol. The Hall–Kier alpha value is -2.46. The Labute approximate surface area is 148 Å². The van der Waals surface area contributed by atoms with Crippen LogP contribution in [0.5, 0.6) is 0 Å². The summed E-state index contributed by atoms with van der Waals surface area (Å²) < 4.78 is 1.10. The number of fused-ring (bicyclic) bond motifs is 3. The summed E-state index contributed by atoms with van der Waals surface area (Å²) in [5, 5.41) is 11.3. The van der Waals surface area contributed by atoms with Gasteiger partial charge in [-0.05, 0) is 58.9 Å². The Kier molecular flexibility index (Phi) is 3.69. The van der Waals surface area contributed by atoms with Gasteiger partial charge in [0.05, 0.1) is 10.5 Å². The summed E-state index contributed by atoms with van der Waals surface area (Å²) in [6.07, 6.45) is 1.94. The first-order chi connectivity index (χ1) is 11.6. The molecule has 4 rings (SSSR count). The zero-order valence-corrected chi connectivity index (χ0v) is 14.4. The first kappa shape index (κ1) is 15.1. The molecule has 0 bridgehead atoms. The van der Waals surface area contributed by atoms with Gasteiger partial charge >= 0.3 is 0 Å². The maximum atomic E-state index is 11.3. The highest BCUT2D eigenvalue weighted by Gasteiger charge is 2.19. The summed E-state index contributed by atoms with van der Waals surface area (Å²) in [7, 11) is 0. The molecule has 0 saturated heterocycles. The summed E-state index contributed by atoms with van der Waals surface area (Å²) in [6.45, 7) is 0. The van der Waals surface area contributed by atoms with Crippen molar-refractivity contribution < 1.29 is 4.92 Å². The molecule has 4 heteroatoms. The molecule has 0 fully saturated rings. The van der Waals surface area contributed by atoms with Crippen LogP contribution in [-0.2, 0) is 12.8 Å². The van der Waals surface area contributed by atoms with Crippen molar-refractivity contribution in [1.82, 2.24) is 0 Å². The van der Waals surface area contributed by atoms with Gasteiger partial charge in [-0.1, -0.05) is 52.3 Å². The van der Waals surface area contributed by atoms with Gasteiger partial charge in [0, 0.05) is 10.5 Å². The predicted molar refractivity (Wildman–Crippen MR) is 99.1 cm³/mol. The lowest BCUT2D eigenvalue weighted by molar-refractivity contribution is -0.384. The molecule has 0 amide bonds. The van der Waals surface area contributed by atoms with E-state index in [1.54, 1.807) is 12.1 Å². The fraction of sp³-hybridized carbons (Fsp3) is 0.100. The maximum Gasteiger partial charge on any atom is 0.277 e. The third-order valence-electron chi connectivity index (χ3n) is 4.54. The average molecular weight is 380 g/mol. The van der Waals surface area contributed by atoms with Crippen molar-refractivity contribution in [3.8, 4) is 22.3 Å². The lowest BCUT2D eigenvalue weighted by Crippen LogP contribution is -2.04. The van der Waals surface area contributed by atoms with Crippen LogP contribution < -0.4 is 0 Å². The van der Waals surface area contributed by atoms with Crippen LogP contribution in [0.3, 0.4) is 0 Å². The van der Waals surface area contributed by atoms with E-state index in [0.717, 1.165) is 22.9 Å². The van der Waals surface area contributed by atoms with Crippen LogP contribution in [0.15, 0.2) is 65.1 Å². The van der Waals surface area contributed by atoms with Crippen LogP contribution in [0.25, 0.3) is 22.3 Å². The number of hydrogen-bond acceptors (Lipinski definition) is 2. The van der Waals surface area contributed by atoms with Crippen molar-refractivity contribution in [2.75, 3.05) is 0 Å². The molecule has 0 spiro atoms. The van der Waals surface area contributed by atoms with E-state index in [-0.39, 0.29) is 10.6 Å². The van der Waals surface area contributed by atoms with E-state index < -0.39 is 0 Å². The molecule has 0 atom stereocenters. The van der Waals surface area contributed by atoms with Crippen molar-refractivity contribution in [2.24, 2.45) is 0 Å². The number of para-hydroxylation sites is 1. The number of rotatable bonds is 2. The zero-order valence-electron chi connectivity index (χ0n) is 12.8. The molecule has 0 N–H and O–H groups in total. The number of benzene rings is 3. The van der Waals surface area contributed by atoms with Gasteiger partial charge in [0.25, 0.3) is 5.69 Å². The Morgan fingerprint density at radius 2 is 1.50 bits per heavy atom. The second kappa shape index (κ2) is 5.87. The smallest absolute Gasteiger partial charge is 0.258 e. The van der Waals surface area contributed by atoms with Crippen LogP contribution >= 0.6 is 15.9 Å². The van der Waals surface area contributed by atoms with E-state index in [1.807, 2.05) is 18.2 Å². The third kappa shape index (κ3) is 2.53. The van der Waals surface area contributed by atoms with E-state index in [2.05, 4.69) is 46.3 Å². The lowest BCUT2D eigenvalue weighted by Gasteiger charge is -2.21. The Bertz CT molecular complexity index is 966. The van der Waals surface area contributed by atoms with Crippen LogP contribution in [0.4, 0.5) is 5.69 Å². The summed E-state index contributed by atoms with van der Waals surface area (Å²) in [6, 6.07) is 19.5. The monoisotopic (exact) mass is 379 g/mol. The molecule has 118 valence electrons. The topological polar surface area (TPSA) is 43.1 Å². The minimum Gasteiger partial charge on any atom is -0.258 e. The highest BCUT2D eigenvalue weighted by molar-refractivity contribution is 9.10. The second-order valence-electron chi connectivity index (χ2n) is 5.95. The fourth-order valence-electron chi connectivity index (χ4n) is 3.41. The third-order valence-corrected chi connectivity index (χ3v) is 5.03. The van der Waals surface area contributed by atoms with Crippen LogP contribution in [-0.4, -0.2) is 4.92 Å². The minimum absolute atomic E-state index is 0.151. The molecule has 3 nitrogen and oxygen atoms in total.